The molecule has 1 unspecified atom stereocenters. The lowest BCUT2D eigenvalue weighted by Gasteiger charge is -2.31. The van der Waals surface area contributed by atoms with Crippen LogP contribution < -0.4 is 10.9 Å². The fourth-order valence-electron chi connectivity index (χ4n) is 5.92. The van der Waals surface area contributed by atoms with E-state index in [2.05, 4.69) is 4.98 Å². The molecule has 4 heterocycles. The normalized spacial score (nSPS) is 21.6. The monoisotopic (exact) mass is 531 g/mol. The van der Waals surface area contributed by atoms with Gasteiger partial charge in [-0.2, -0.15) is 13.2 Å². The molecule has 6 rings (SSSR count). The second-order valence-electron chi connectivity index (χ2n) is 9.95. The zero-order valence-electron chi connectivity index (χ0n) is 20.3. The SMILES string of the molecule is CC[C@@]1(O)C(=O)OCc2c1cc1n(c2=O)Cc2c-1nc1cc(F)c(NC(=O)C(F)(F)F)c3c1c2CCC3C. The fraction of sp³-hybridized carbons (Fsp3) is 0.385. The van der Waals surface area contributed by atoms with Gasteiger partial charge in [-0.3, -0.25) is 9.59 Å². The van der Waals surface area contributed by atoms with E-state index in [1.54, 1.807) is 25.2 Å². The van der Waals surface area contributed by atoms with Crippen molar-refractivity contribution in [3.05, 3.63) is 56.1 Å². The van der Waals surface area contributed by atoms with Gasteiger partial charge in [-0.25, -0.2) is 14.2 Å². The van der Waals surface area contributed by atoms with Crippen molar-refractivity contribution >= 4 is 28.5 Å². The van der Waals surface area contributed by atoms with Crippen LogP contribution >= 0.6 is 0 Å². The van der Waals surface area contributed by atoms with Crippen LogP contribution in [0.1, 0.15) is 60.4 Å². The molecule has 3 aromatic rings. The van der Waals surface area contributed by atoms with Crippen molar-refractivity contribution in [1.82, 2.24) is 9.55 Å². The summed E-state index contributed by atoms with van der Waals surface area (Å²) in [6.07, 6.45) is -4.25. The van der Waals surface area contributed by atoms with E-state index in [1.807, 2.05) is 0 Å². The number of alkyl halides is 3. The third-order valence-corrected chi connectivity index (χ3v) is 7.90. The summed E-state index contributed by atoms with van der Waals surface area (Å²) in [6, 6.07) is 2.52. The molecule has 0 spiro atoms. The Kier molecular flexibility index (Phi) is 5.07. The molecule has 38 heavy (non-hydrogen) atoms. The number of pyridine rings is 2. The molecule has 2 atom stereocenters. The summed E-state index contributed by atoms with van der Waals surface area (Å²) in [5.74, 6) is -4.55. The molecule has 198 valence electrons. The number of carbonyl (C=O) groups is 2. The highest BCUT2D eigenvalue weighted by atomic mass is 19.4. The highest BCUT2D eigenvalue weighted by Crippen LogP contribution is 2.47. The Morgan fingerprint density at radius 1 is 1.26 bits per heavy atom. The minimum Gasteiger partial charge on any atom is -0.458 e. The molecule has 2 N–H and O–H groups in total. The number of anilines is 1. The zero-order chi connectivity index (χ0) is 27.3. The summed E-state index contributed by atoms with van der Waals surface area (Å²) in [5, 5.41) is 13.2. The Morgan fingerprint density at radius 2 is 2.00 bits per heavy atom. The van der Waals surface area contributed by atoms with Gasteiger partial charge in [-0.05, 0) is 42.4 Å². The lowest BCUT2D eigenvalue weighted by molar-refractivity contribution is -0.172. The average Bonchev–Trinajstić information content (AvgIpc) is 3.23. The number of aliphatic hydroxyl groups is 1. The molecule has 12 heteroatoms. The second kappa shape index (κ2) is 7.85. The van der Waals surface area contributed by atoms with Crippen molar-refractivity contribution in [2.24, 2.45) is 0 Å². The predicted octanol–water partition coefficient (Wildman–Crippen LogP) is 3.77. The maximum Gasteiger partial charge on any atom is 0.471 e. The van der Waals surface area contributed by atoms with Crippen LogP contribution in [0.25, 0.3) is 22.3 Å². The van der Waals surface area contributed by atoms with Crippen molar-refractivity contribution < 1.29 is 37.0 Å². The number of hydrogen-bond donors (Lipinski definition) is 2. The molecule has 2 aromatic heterocycles. The molecule has 2 aliphatic heterocycles. The van der Waals surface area contributed by atoms with Gasteiger partial charge in [0.15, 0.2) is 5.60 Å². The van der Waals surface area contributed by atoms with Crippen molar-refractivity contribution in [1.29, 1.82) is 0 Å². The van der Waals surface area contributed by atoms with Crippen LogP contribution in [0.15, 0.2) is 16.9 Å². The van der Waals surface area contributed by atoms with Crippen LogP contribution in [0, 0.1) is 5.82 Å². The highest BCUT2D eigenvalue weighted by molar-refractivity contribution is 6.01. The van der Waals surface area contributed by atoms with Crippen LogP contribution in [0.3, 0.4) is 0 Å². The third-order valence-electron chi connectivity index (χ3n) is 7.90. The first-order valence-corrected chi connectivity index (χ1v) is 12.1. The number of cyclic esters (lactones) is 1. The van der Waals surface area contributed by atoms with E-state index in [-0.39, 0.29) is 47.7 Å². The number of amides is 1. The fourth-order valence-corrected chi connectivity index (χ4v) is 5.92. The first-order valence-electron chi connectivity index (χ1n) is 12.1. The van der Waals surface area contributed by atoms with Crippen molar-refractivity contribution in [3.8, 4) is 11.4 Å². The Morgan fingerprint density at radius 3 is 2.68 bits per heavy atom. The highest BCUT2D eigenvalue weighted by Gasteiger charge is 2.46. The number of carbonyl (C=O) groups excluding carboxylic acids is 2. The number of aryl methyl sites for hydroxylation is 1. The van der Waals surface area contributed by atoms with Crippen LogP contribution in [-0.2, 0) is 39.5 Å². The number of ether oxygens (including phenoxy) is 1. The number of aromatic nitrogens is 2. The minimum atomic E-state index is -5.20. The van der Waals surface area contributed by atoms with E-state index in [0.717, 1.165) is 6.07 Å². The smallest absolute Gasteiger partial charge is 0.458 e. The van der Waals surface area contributed by atoms with Crippen LogP contribution in [0.4, 0.5) is 23.2 Å². The summed E-state index contributed by atoms with van der Waals surface area (Å²) in [7, 11) is 0. The molecule has 8 nitrogen and oxygen atoms in total. The summed E-state index contributed by atoms with van der Waals surface area (Å²) < 4.78 is 60.7. The molecule has 0 fully saturated rings. The molecule has 1 aliphatic carbocycles. The van der Waals surface area contributed by atoms with E-state index < -0.39 is 40.7 Å². The summed E-state index contributed by atoms with van der Waals surface area (Å²) in [5.41, 5.74) is -0.212. The van der Waals surface area contributed by atoms with Gasteiger partial charge < -0.3 is 19.7 Å². The number of esters is 1. The van der Waals surface area contributed by atoms with Crippen LogP contribution in [0.2, 0.25) is 0 Å². The molecule has 1 aromatic carbocycles. The van der Waals surface area contributed by atoms with E-state index >= 15 is 4.39 Å². The number of nitrogens with one attached hydrogen (secondary N) is 1. The number of halogens is 4. The zero-order valence-corrected chi connectivity index (χ0v) is 20.3. The lowest BCUT2D eigenvalue weighted by atomic mass is 9.80. The number of rotatable bonds is 2. The summed E-state index contributed by atoms with van der Waals surface area (Å²) in [4.78, 5) is 42.1. The van der Waals surface area contributed by atoms with Gasteiger partial charge in [0, 0.05) is 22.6 Å². The number of nitrogens with zero attached hydrogens (tertiary/aromatic N) is 2. The van der Waals surface area contributed by atoms with Gasteiger partial charge in [0.2, 0.25) is 0 Å². The first kappa shape index (κ1) is 24.5. The Balaban J connectivity index is 1.61. The molecule has 0 saturated carbocycles. The quantitative estimate of drug-likeness (QED) is 0.301. The van der Waals surface area contributed by atoms with Crippen molar-refractivity contribution in [2.45, 2.75) is 64.0 Å². The molecule has 0 saturated heterocycles. The van der Waals surface area contributed by atoms with Crippen LogP contribution in [-0.4, -0.2) is 32.7 Å². The van der Waals surface area contributed by atoms with Gasteiger partial charge in [0.1, 0.15) is 12.4 Å². The summed E-state index contributed by atoms with van der Waals surface area (Å²) >= 11 is 0. The second-order valence-corrected chi connectivity index (χ2v) is 9.95. The van der Waals surface area contributed by atoms with Gasteiger partial charge in [0.25, 0.3) is 5.56 Å². The minimum absolute atomic E-state index is 0.0239. The van der Waals surface area contributed by atoms with Crippen molar-refractivity contribution in [2.75, 3.05) is 5.32 Å². The van der Waals surface area contributed by atoms with Crippen molar-refractivity contribution in [3.63, 3.8) is 0 Å². The number of benzene rings is 1. The van der Waals surface area contributed by atoms with Gasteiger partial charge in [-0.15, -0.1) is 0 Å². The first-order chi connectivity index (χ1) is 17.9. The predicted molar refractivity (Wildman–Crippen MR) is 126 cm³/mol. The average molecular weight is 531 g/mol. The third kappa shape index (κ3) is 3.19. The molecule has 0 bridgehead atoms. The topological polar surface area (TPSA) is 111 Å². The largest absolute Gasteiger partial charge is 0.471 e. The molecule has 1 amide bonds. The maximum atomic E-state index is 15.2. The van der Waals surface area contributed by atoms with E-state index in [9.17, 15) is 32.7 Å². The van der Waals surface area contributed by atoms with E-state index in [1.165, 1.54) is 4.57 Å². The van der Waals surface area contributed by atoms with E-state index in [4.69, 9.17) is 4.74 Å². The standard InChI is InChI=1S/C26H21F4N3O5/c1-3-25(37)14-6-17-20-12(8-33(17)22(34)13(14)9-38-24(25)36)11-5-4-10(2)18-19(11)16(31-20)7-15(27)21(18)32-23(35)26(28,29)30/h6-7,10,37H,3-5,8-9H2,1-2H3,(H,32,35)/t10?,25-/m0/s1. The summed E-state index contributed by atoms with van der Waals surface area (Å²) in [6.45, 7) is 3.14. The maximum absolute atomic E-state index is 15.2. The number of fused-ring (bicyclic) bond motifs is 5. The molecule has 0 radical (unpaired) electrons. The van der Waals surface area contributed by atoms with Crippen LogP contribution in [0.5, 0.6) is 0 Å². The van der Waals surface area contributed by atoms with Gasteiger partial charge in [-0.1, -0.05) is 13.8 Å². The van der Waals surface area contributed by atoms with Gasteiger partial charge >= 0.3 is 18.1 Å². The Hall–Kier alpha value is -3.80. The van der Waals surface area contributed by atoms with E-state index in [0.29, 0.717) is 40.7 Å². The lowest BCUT2D eigenvalue weighted by Crippen LogP contribution is -2.44. The Bertz CT molecular complexity index is 1660. The number of hydrogen-bond acceptors (Lipinski definition) is 6. The molecular formula is C26H21F4N3O5. The molecule has 3 aliphatic rings. The Labute approximate surface area is 212 Å². The molecular weight excluding hydrogens is 510 g/mol. The van der Waals surface area contributed by atoms with Gasteiger partial charge in [0.05, 0.1) is 34.7 Å².